The van der Waals surface area contributed by atoms with E-state index in [1.54, 1.807) is 5.38 Å². The highest BCUT2D eigenvalue weighted by Gasteiger charge is 2.31. The van der Waals surface area contributed by atoms with Gasteiger partial charge in [0.05, 0.1) is 5.01 Å². The largest absolute Gasteiger partial charge is 0.354 e. The van der Waals surface area contributed by atoms with E-state index >= 15 is 0 Å². The van der Waals surface area contributed by atoms with Gasteiger partial charge in [0.25, 0.3) is 5.91 Å². The zero-order chi connectivity index (χ0) is 17.7. The summed E-state index contributed by atoms with van der Waals surface area (Å²) in [6, 6.07) is 3.97. The third kappa shape index (κ3) is 2.82. The van der Waals surface area contributed by atoms with Gasteiger partial charge in [-0.1, -0.05) is 0 Å². The molecule has 4 heterocycles. The van der Waals surface area contributed by atoms with Gasteiger partial charge >= 0.3 is 0 Å². The van der Waals surface area contributed by atoms with Crippen molar-refractivity contribution in [3.8, 4) is 0 Å². The van der Waals surface area contributed by atoms with E-state index in [2.05, 4.69) is 25.4 Å². The fourth-order valence-electron chi connectivity index (χ4n) is 3.24. The average Bonchev–Trinajstić information content (AvgIpc) is 3.21. The highest BCUT2D eigenvalue weighted by atomic mass is 32.1. The number of carbonyl (C=O) groups is 1. The van der Waals surface area contributed by atoms with Gasteiger partial charge in [-0.25, -0.2) is 4.98 Å². The van der Waals surface area contributed by atoms with Crippen molar-refractivity contribution in [3.63, 3.8) is 0 Å². The first kappa shape index (κ1) is 15.7. The summed E-state index contributed by atoms with van der Waals surface area (Å²) in [5.41, 5.74) is 1.31. The number of thiazole rings is 1. The van der Waals surface area contributed by atoms with Gasteiger partial charge in [-0.15, -0.1) is 26.6 Å². The predicted molar refractivity (Wildman–Crippen MR) is 97.6 cm³/mol. The molecule has 26 heavy (non-hydrogen) atoms. The van der Waals surface area contributed by atoms with Gasteiger partial charge in [-0.2, -0.15) is 4.52 Å². The molecule has 2 fully saturated rings. The molecule has 3 aromatic rings. The molecule has 3 aromatic heterocycles. The molecule has 134 valence electrons. The maximum atomic E-state index is 12.1. The number of aryl methyl sites for hydroxylation is 1. The second-order valence-corrected chi connectivity index (χ2v) is 8.09. The molecule has 0 aromatic carbocycles. The van der Waals surface area contributed by atoms with Crippen LogP contribution in [-0.4, -0.2) is 50.3 Å². The minimum atomic E-state index is -0.0918. The number of amides is 1. The number of fused-ring (bicyclic) bond motifs is 1. The van der Waals surface area contributed by atoms with Gasteiger partial charge < -0.3 is 10.2 Å². The Labute approximate surface area is 154 Å². The highest BCUT2D eigenvalue weighted by Crippen LogP contribution is 2.38. The maximum Gasteiger partial charge on any atom is 0.270 e. The Bertz CT molecular complexity index is 971. The van der Waals surface area contributed by atoms with Crippen LogP contribution in [0.15, 0.2) is 17.5 Å². The molecule has 0 radical (unpaired) electrons. The number of hydrogen-bond acceptors (Lipinski definition) is 7. The van der Waals surface area contributed by atoms with Crippen molar-refractivity contribution in [2.45, 2.75) is 25.7 Å². The van der Waals surface area contributed by atoms with E-state index in [1.165, 1.54) is 24.2 Å². The number of aromatic nitrogens is 5. The molecule has 5 rings (SSSR count). The number of hydrogen-bond donors (Lipinski definition) is 1. The first-order valence-corrected chi connectivity index (χ1v) is 9.73. The molecule has 9 heteroatoms. The van der Waals surface area contributed by atoms with E-state index < -0.39 is 0 Å². The van der Waals surface area contributed by atoms with Gasteiger partial charge in [0, 0.05) is 36.9 Å². The number of anilines is 1. The topological polar surface area (TPSA) is 88.3 Å². The highest BCUT2D eigenvalue weighted by molar-refractivity contribution is 7.09. The molecule has 1 amide bonds. The molecule has 1 saturated carbocycles. The molecule has 1 N–H and O–H groups in total. The summed E-state index contributed by atoms with van der Waals surface area (Å²) in [4.78, 5) is 18.5. The van der Waals surface area contributed by atoms with Crippen LogP contribution in [0.2, 0.25) is 0 Å². The fourth-order valence-corrected chi connectivity index (χ4v) is 3.83. The van der Waals surface area contributed by atoms with Crippen molar-refractivity contribution in [2.24, 2.45) is 5.92 Å². The lowest BCUT2D eigenvalue weighted by atomic mass is 10.0. The molecule has 1 saturated heterocycles. The third-order valence-electron chi connectivity index (χ3n) is 4.90. The van der Waals surface area contributed by atoms with E-state index in [0.29, 0.717) is 24.1 Å². The molecule has 1 aliphatic heterocycles. The zero-order valence-electron chi connectivity index (χ0n) is 14.4. The smallest absolute Gasteiger partial charge is 0.270 e. The SMILES string of the molecule is Cc1nc(C(=O)NCC2CN(c3ccc4nnc(C5CC5)n4n3)C2)cs1. The van der Waals surface area contributed by atoms with Crippen LogP contribution in [0.25, 0.3) is 5.65 Å². The summed E-state index contributed by atoms with van der Waals surface area (Å²) in [6.07, 6.45) is 2.35. The van der Waals surface area contributed by atoms with Crippen LogP contribution in [0.1, 0.15) is 40.1 Å². The van der Waals surface area contributed by atoms with E-state index in [-0.39, 0.29) is 5.91 Å². The van der Waals surface area contributed by atoms with Crippen molar-refractivity contribution in [1.29, 1.82) is 0 Å². The Morgan fingerprint density at radius 1 is 1.31 bits per heavy atom. The predicted octanol–water partition coefficient (Wildman–Crippen LogP) is 1.63. The Balaban J connectivity index is 1.19. The van der Waals surface area contributed by atoms with E-state index in [9.17, 15) is 4.79 Å². The number of rotatable bonds is 5. The van der Waals surface area contributed by atoms with Gasteiger partial charge in [-0.3, -0.25) is 4.79 Å². The van der Waals surface area contributed by atoms with Crippen LogP contribution in [0.3, 0.4) is 0 Å². The van der Waals surface area contributed by atoms with Crippen LogP contribution >= 0.6 is 11.3 Å². The second kappa shape index (κ2) is 6.01. The summed E-state index contributed by atoms with van der Waals surface area (Å²) in [5.74, 6) is 2.77. The minimum Gasteiger partial charge on any atom is -0.354 e. The third-order valence-corrected chi connectivity index (χ3v) is 5.67. The Kier molecular flexibility index (Phi) is 3.63. The van der Waals surface area contributed by atoms with Crippen molar-refractivity contribution < 1.29 is 4.79 Å². The van der Waals surface area contributed by atoms with Gasteiger partial charge in [0.1, 0.15) is 11.5 Å². The van der Waals surface area contributed by atoms with E-state index in [4.69, 9.17) is 5.10 Å². The molecule has 1 aliphatic carbocycles. The second-order valence-electron chi connectivity index (χ2n) is 7.03. The van der Waals surface area contributed by atoms with Crippen molar-refractivity contribution >= 4 is 28.7 Å². The van der Waals surface area contributed by atoms with E-state index in [1.807, 2.05) is 23.6 Å². The Morgan fingerprint density at radius 3 is 2.88 bits per heavy atom. The standard InChI is InChI=1S/C17H19N7OS/c1-10-19-13(9-26-10)17(25)18-6-11-7-23(8-11)15-5-4-14-20-21-16(12-2-3-12)24(14)22-15/h4-5,9,11-12H,2-3,6-8H2,1H3,(H,18,25). The van der Waals surface area contributed by atoms with Gasteiger partial charge in [0.15, 0.2) is 11.5 Å². The molecular weight excluding hydrogens is 350 g/mol. The minimum absolute atomic E-state index is 0.0918. The number of carbonyl (C=O) groups excluding carboxylic acids is 1. The van der Waals surface area contributed by atoms with Crippen LogP contribution in [-0.2, 0) is 0 Å². The lowest BCUT2D eigenvalue weighted by Gasteiger charge is -2.40. The maximum absolute atomic E-state index is 12.1. The van der Waals surface area contributed by atoms with Crippen molar-refractivity contribution in [1.82, 2.24) is 30.1 Å². The average molecular weight is 369 g/mol. The summed E-state index contributed by atoms with van der Waals surface area (Å²) in [6.45, 7) is 4.33. The normalized spacial score (nSPS) is 17.5. The summed E-state index contributed by atoms with van der Waals surface area (Å²) < 4.78 is 1.88. The van der Waals surface area contributed by atoms with Crippen LogP contribution < -0.4 is 10.2 Å². The molecule has 0 bridgehead atoms. The summed E-state index contributed by atoms with van der Waals surface area (Å²) in [5, 5.41) is 18.9. The molecule has 2 aliphatic rings. The monoisotopic (exact) mass is 369 g/mol. The molecule has 0 atom stereocenters. The first-order chi connectivity index (χ1) is 12.7. The number of nitrogens with zero attached hydrogens (tertiary/aromatic N) is 6. The number of nitrogens with one attached hydrogen (secondary N) is 1. The quantitative estimate of drug-likeness (QED) is 0.735. The summed E-state index contributed by atoms with van der Waals surface area (Å²) >= 11 is 1.49. The fraction of sp³-hybridized carbons (Fsp3) is 0.471. The zero-order valence-corrected chi connectivity index (χ0v) is 15.2. The van der Waals surface area contributed by atoms with E-state index in [0.717, 1.165) is 35.4 Å². The van der Waals surface area contributed by atoms with Gasteiger partial charge in [-0.05, 0) is 31.9 Å². The molecule has 0 spiro atoms. The van der Waals surface area contributed by atoms with Crippen molar-refractivity contribution in [3.05, 3.63) is 34.0 Å². The van der Waals surface area contributed by atoms with Crippen LogP contribution in [0, 0.1) is 12.8 Å². The molecule has 0 unspecified atom stereocenters. The van der Waals surface area contributed by atoms with Crippen molar-refractivity contribution in [2.75, 3.05) is 24.5 Å². The van der Waals surface area contributed by atoms with Gasteiger partial charge in [0.2, 0.25) is 0 Å². The van der Waals surface area contributed by atoms with Crippen LogP contribution in [0.4, 0.5) is 5.82 Å². The molecule has 8 nitrogen and oxygen atoms in total. The Hall–Kier alpha value is -2.55. The molecular formula is C17H19N7OS. The lowest BCUT2D eigenvalue weighted by molar-refractivity contribution is 0.0940. The summed E-state index contributed by atoms with van der Waals surface area (Å²) in [7, 11) is 0. The lowest BCUT2D eigenvalue weighted by Crippen LogP contribution is -2.52. The van der Waals surface area contributed by atoms with Crippen LogP contribution in [0.5, 0.6) is 0 Å². The Morgan fingerprint density at radius 2 is 2.15 bits per heavy atom. The first-order valence-electron chi connectivity index (χ1n) is 8.85.